The molecule has 2 aromatic carbocycles. The molecule has 0 unspecified atom stereocenters. The fraction of sp³-hybridized carbons (Fsp3) is 0.118. The maximum Gasteiger partial charge on any atom is 0.108 e. The summed E-state index contributed by atoms with van der Waals surface area (Å²) in [5.74, 6) is 0. The van der Waals surface area contributed by atoms with E-state index < -0.39 is 0 Å². The summed E-state index contributed by atoms with van der Waals surface area (Å²) in [5, 5.41) is 1.22. The number of hydrogen-bond acceptors (Lipinski definition) is 4. The second-order valence-electron chi connectivity index (χ2n) is 5.17. The van der Waals surface area contributed by atoms with E-state index in [1.165, 1.54) is 33.8 Å². The van der Waals surface area contributed by atoms with Gasteiger partial charge in [-0.1, -0.05) is 30.3 Å². The van der Waals surface area contributed by atoms with Crippen molar-refractivity contribution >= 4 is 33.7 Å². The molecular weight excluding hydrogens is 278 g/mol. The van der Waals surface area contributed by atoms with E-state index in [9.17, 15) is 0 Å². The lowest BCUT2D eigenvalue weighted by Crippen LogP contribution is -1.94. The minimum atomic E-state index is 0.830. The molecule has 0 radical (unpaired) electrons. The first-order valence-corrected chi connectivity index (χ1v) is 7.59. The molecule has 2 heterocycles. The highest BCUT2D eigenvalue weighted by molar-refractivity contribution is 7.00. The normalized spacial score (nSPS) is 11.3. The van der Waals surface area contributed by atoms with E-state index in [1.54, 1.807) is 0 Å². The summed E-state index contributed by atoms with van der Waals surface area (Å²) < 4.78 is 8.73. The molecule has 4 rings (SSSR count). The molecule has 0 spiro atoms. The number of nitrogens with zero attached hydrogens (tertiary/aromatic N) is 3. The Hall–Kier alpha value is -2.33. The monoisotopic (exact) mass is 291 g/mol. The molecule has 2 aromatic heterocycles. The van der Waals surface area contributed by atoms with Gasteiger partial charge < -0.3 is 0 Å². The van der Waals surface area contributed by atoms with Crippen molar-refractivity contribution in [1.82, 2.24) is 13.7 Å². The Morgan fingerprint density at radius 3 is 2.76 bits per heavy atom. The third kappa shape index (κ3) is 2.08. The topological polar surface area (TPSA) is 38.7 Å². The van der Waals surface area contributed by atoms with Crippen molar-refractivity contribution in [3.05, 3.63) is 65.4 Å². The molecule has 0 amide bonds. The average molecular weight is 291 g/mol. The van der Waals surface area contributed by atoms with Gasteiger partial charge in [-0.3, -0.25) is 4.98 Å². The van der Waals surface area contributed by atoms with Crippen molar-refractivity contribution < 1.29 is 0 Å². The van der Waals surface area contributed by atoms with Gasteiger partial charge in [0.05, 0.1) is 17.2 Å². The van der Waals surface area contributed by atoms with Crippen molar-refractivity contribution in [1.29, 1.82) is 0 Å². The molecule has 3 nitrogen and oxygen atoms in total. The lowest BCUT2D eigenvalue weighted by Gasteiger charge is -2.08. The van der Waals surface area contributed by atoms with Gasteiger partial charge >= 0.3 is 0 Å². The summed E-state index contributed by atoms with van der Waals surface area (Å²) in [6, 6.07) is 14.6. The zero-order valence-corrected chi connectivity index (χ0v) is 12.4. The van der Waals surface area contributed by atoms with E-state index >= 15 is 0 Å². The summed E-state index contributed by atoms with van der Waals surface area (Å²) in [6.07, 6.45) is 2.69. The summed E-state index contributed by atoms with van der Waals surface area (Å²) in [4.78, 5) is 4.57. The van der Waals surface area contributed by atoms with Crippen molar-refractivity contribution in [3.8, 4) is 0 Å². The van der Waals surface area contributed by atoms with Crippen LogP contribution in [0, 0.1) is 6.92 Å². The van der Waals surface area contributed by atoms with E-state index in [4.69, 9.17) is 0 Å². The van der Waals surface area contributed by atoms with Gasteiger partial charge in [0.1, 0.15) is 11.0 Å². The maximum atomic E-state index is 4.57. The molecule has 0 aliphatic heterocycles. The molecule has 0 fully saturated rings. The molecule has 0 aliphatic carbocycles. The third-order valence-electron chi connectivity index (χ3n) is 3.82. The maximum absolute atomic E-state index is 4.57. The Morgan fingerprint density at radius 1 is 0.905 bits per heavy atom. The van der Waals surface area contributed by atoms with Crippen LogP contribution in [-0.4, -0.2) is 13.7 Å². The molecular formula is C17H13N3S. The van der Waals surface area contributed by atoms with Crippen LogP contribution >= 0.6 is 11.7 Å². The number of hydrogen-bond donors (Lipinski definition) is 0. The predicted octanol–water partition coefficient (Wildman–Crippen LogP) is 4.14. The minimum Gasteiger partial charge on any atom is -0.256 e. The van der Waals surface area contributed by atoms with Crippen LogP contribution in [0.25, 0.3) is 21.9 Å². The van der Waals surface area contributed by atoms with Crippen LogP contribution in [0.15, 0.2) is 48.7 Å². The molecule has 4 heteroatoms. The van der Waals surface area contributed by atoms with Gasteiger partial charge in [0, 0.05) is 18.0 Å². The zero-order chi connectivity index (χ0) is 14.2. The first-order chi connectivity index (χ1) is 10.3. The molecule has 0 saturated carbocycles. The Morgan fingerprint density at radius 2 is 1.81 bits per heavy atom. The molecule has 4 aromatic rings. The first kappa shape index (κ1) is 12.4. The largest absolute Gasteiger partial charge is 0.256 e. The van der Waals surface area contributed by atoms with E-state index in [2.05, 4.69) is 44.9 Å². The second kappa shape index (κ2) is 4.90. The SMILES string of the molecule is Cc1ccc(Cc2cccc3nsnc23)c2ncccc12. The predicted molar refractivity (Wildman–Crippen MR) is 86.7 cm³/mol. The second-order valence-corrected chi connectivity index (χ2v) is 5.70. The van der Waals surface area contributed by atoms with Crippen molar-refractivity contribution in [2.75, 3.05) is 0 Å². The highest BCUT2D eigenvalue weighted by atomic mass is 32.1. The Balaban J connectivity index is 1.88. The summed E-state index contributed by atoms with van der Waals surface area (Å²) in [5.41, 5.74) is 6.76. The summed E-state index contributed by atoms with van der Waals surface area (Å²) >= 11 is 1.27. The number of rotatable bonds is 2. The average Bonchev–Trinajstić information content (AvgIpc) is 3.00. The van der Waals surface area contributed by atoms with Crippen LogP contribution in [0.4, 0.5) is 0 Å². The molecule has 0 bridgehead atoms. The third-order valence-corrected chi connectivity index (χ3v) is 4.36. The van der Waals surface area contributed by atoms with Gasteiger partial charge in [-0.25, -0.2) is 0 Å². The minimum absolute atomic E-state index is 0.830. The highest BCUT2D eigenvalue weighted by Crippen LogP contribution is 2.25. The number of benzene rings is 2. The quantitative estimate of drug-likeness (QED) is 0.557. The van der Waals surface area contributed by atoms with Gasteiger partial charge in [-0.15, -0.1) is 0 Å². The van der Waals surface area contributed by atoms with Crippen LogP contribution in [0.2, 0.25) is 0 Å². The smallest absolute Gasteiger partial charge is 0.108 e. The van der Waals surface area contributed by atoms with Gasteiger partial charge in [0.25, 0.3) is 0 Å². The summed E-state index contributed by atoms with van der Waals surface area (Å²) in [6.45, 7) is 2.12. The Kier molecular flexibility index (Phi) is 2.89. The Bertz CT molecular complexity index is 943. The number of pyridine rings is 1. The Labute approximate surface area is 126 Å². The van der Waals surface area contributed by atoms with Crippen LogP contribution in [0.5, 0.6) is 0 Å². The van der Waals surface area contributed by atoms with Crippen LogP contribution in [0.3, 0.4) is 0 Å². The molecule has 21 heavy (non-hydrogen) atoms. The summed E-state index contributed by atoms with van der Waals surface area (Å²) in [7, 11) is 0. The van der Waals surface area contributed by atoms with Crippen LogP contribution < -0.4 is 0 Å². The van der Waals surface area contributed by atoms with Crippen LogP contribution in [-0.2, 0) is 6.42 Å². The van der Waals surface area contributed by atoms with Gasteiger partial charge in [0.15, 0.2) is 0 Å². The van der Waals surface area contributed by atoms with E-state index in [-0.39, 0.29) is 0 Å². The first-order valence-electron chi connectivity index (χ1n) is 6.86. The lowest BCUT2D eigenvalue weighted by molar-refractivity contribution is 1.20. The zero-order valence-electron chi connectivity index (χ0n) is 11.6. The van der Waals surface area contributed by atoms with Crippen molar-refractivity contribution in [2.24, 2.45) is 0 Å². The van der Waals surface area contributed by atoms with Crippen molar-refractivity contribution in [2.45, 2.75) is 13.3 Å². The fourth-order valence-corrected chi connectivity index (χ4v) is 3.29. The van der Waals surface area contributed by atoms with E-state index in [0.717, 1.165) is 23.0 Å². The van der Waals surface area contributed by atoms with Crippen LogP contribution in [0.1, 0.15) is 16.7 Å². The van der Waals surface area contributed by atoms with Gasteiger partial charge in [0.2, 0.25) is 0 Å². The standard InChI is InChI=1S/C17H13N3S/c1-11-7-8-13(16-14(11)5-3-9-18-16)10-12-4-2-6-15-17(12)20-21-19-15/h2-9H,10H2,1H3. The lowest BCUT2D eigenvalue weighted by atomic mass is 9.98. The fourth-order valence-electron chi connectivity index (χ4n) is 2.73. The molecule has 0 N–H and O–H groups in total. The van der Waals surface area contributed by atoms with E-state index in [1.807, 2.05) is 24.4 Å². The highest BCUT2D eigenvalue weighted by Gasteiger charge is 2.09. The molecule has 0 atom stereocenters. The number of aryl methyl sites for hydroxylation is 1. The molecule has 0 aliphatic rings. The molecule has 102 valence electrons. The molecule has 0 saturated heterocycles. The van der Waals surface area contributed by atoms with Gasteiger partial charge in [-0.2, -0.15) is 8.75 Å². The number of aromatic nitrogens is 3. The number of fused-ring (bicyclic) bond motifs is 2. The van der Waals surface area contributed by atoms with E-state index in [0.29, 0.717) is 0 Å². The van der Waals surface area contributed by atoms with Gasteiger partial charge in [-0.05, 0) is 35.7 Å². The van der Waals surface area contributed by atoms with Crippen molar-refractivity contribution in [3.63, 3.8) is 0 Å².